The largest absolute Gasteiger partial charge is 0.472 e. The average molecular weight is 1090 g/mol. The summed E-state index contributed by atoms with van der Waals surface area (Å²) in [5, 5.41) is 9.83. The zero-order valence-corrected chi connectivity index (χ0v) is 49.6. The van der Waals surface area contributed by atoms with Crippen LogP contribution in [-0.2, 0) is 42.2 Å². The molecule has 0 saturated heterocycles. The monoisotopic (exact) mass is 1090 g/mol. The Kier molecular flexibility index (Phi) is 55.7. The smallest absolute Gasteiger partial charge is 0.462 e. The lowest BCUT2D eigenvalue weighted by molar-refractivity contribution is -0.161. The van der Waals surface area contributed by atoms with Crippen molar-refractivity contribution in [2.45, 2.75) is 290 Å². The van der Waals surface area contributed by atoms with Gasteiger partial charge in [0.15, 0.2) is 6.10 Å². The van der Waals surface area contributed by atoms with Crippen molar-refractivity contribution in [1.29, 1.82) is 0 Å². The first kappa shape index (κ1) is 72.9. The molecule has 0 radical (unpaired) electrons. The molecule has 0 rings (SSSR count). The standard InChI is InChI=1S/C64H113O11P/c1-4-7-10-13-16-19-22-25-28-29-30-31-34-35-38-41-44-47-50-53-62(66)71-57-61(75-64(68)55-52-49-46-43-40-37-33-27-24-21-18-15-12-9-6-3)59-73-76(69,70)72-58-60(56-65)74-63(67)54-51-48-45-42-39-36-32-26-23-20-17-14-11-8-5-2/h7,10,16,19,25,28,30-31,35,38,44,47,60-61,65H,4-6,8-9,11-15,17-18,20-24,26-27,29,32-34,36-37,39-43,45-46,48-59H2,1-3H3,(H,69,70)/b10-7-,19-16-,28-25-,31-30-,38-35-,47-44-. The van der Waals surface area contributed by atoms with Crippen LogP contribution in [0.4, 0.5) is 0 Å². The number of unbranched alkanes of at least 4 members (excludes halogenated alkanes) is 28. The molecule has 0 aromatic heterocycles. The molecular weight excluding hydrogens is 976 g/mol. The van der Waals surface area contributed by atoms with E-state index in [-0.39, 0.29) is 25.9 Å². The van der Waals surface area contributed by atoms with E-state index in [0.29, 0.717) is 19.3 Å². The van der Waals surface area contributed by atoms with Crippen LogP contribution >= 0.6 is 7.82 Å². The Balaban J connectivity index is 4.78. The highest BCUT2D eigenvalue weighted by Gasteiger charge is 2.28. The fourth-order valence-electron chi connectivity index (χ4n) is 8.50. The molecule has 0 fully saturated rings. The highest BCUT2D eigenvalue weighted by molar-refractivity contribution is 7.47. The van der Waals surface area contributed by atoms with Crippen molar-refractivity contribution in [1.82, 2.24) is 0 Å². The molecule has 2 N–H and O–H groups in total. The molecule has 440 valence electrons. The lowest BCUT2D eigenvalue weighted by atomic mass is 10.0. The summed E-state index contributed by atoms with van der Waals surface area (Å²) in [7, 11) is -4.76. The van der Waals surface area contributed by atoms with E-state index in [1.165, 1.54) is 141 Å². The summed E-state index contributed by atoms with van der Waals surface area (Å²) in [6, 6.07) is 0. The number of allylic oxidation sites excluding steroid dienone is 12. The quantitative estimate of drug-likeness (QED) is 0.0197. The molecule has 0 aliphatic rings. The molecule has 0 aliphatic heterocycles. The number of carbonyl (C=O) groups is 3. The van der Waals surface area contributed by atoms with E-state index in [1.807, 2.05) is 12.2 Å². The van der Waals surface area contributed by atoms with Gasteiger partial charge in [-0.15, -0.1) is 0 Å². The second-order valence-electron chi connectivity index (χ2n) is 20.5. The molecule has 0 amide bonds. The third kappa shape index (κ3) is 55.7. The van der Waals surface area contributed by atoms with Gasteiger partial charge >= 0.3 is 25.7 Å². The molecule has 3 unspecified atom stereocenters. The van der Waals surface area contributed by atoms with Gasteiger partial charge < -0.3 is 24.2 Å². The summed E-state index contributed by atoms with van der Waals surface area (Å²) in [5.74, 6) is -1.55. The molecule has 3 atom stereocenters. The SMILES string of the molecule is CC/C=C\C/C=C\C/C=C\C/C=C\C/C=C\C/C=C\CCC(=O)OCC(COP(=O)(O)OCC(CO)OC(=O)CCCCCCCCCCCCCCCCC)OC(=O)CCCCCCCCCCCCCCCCC. The Morgan fingerprint density at radius 3 is 1.03 bits per heavy atom. The molecule has 0 aromatic rings. The minimum Gasteiger partial charge on any atom is -0.462 e. The fourth-order valence-corrected chi connectivity index (χ4v) is 9.29. The number of phosphoric acid groups is 1. The number of carbonyl (C=O) groups excluding carboxylic acids is 3. The number of hydrogen-bond acceptors (Lipinski definition) is 10. The van der Waals surface area contributed by atoms with Crippen LogP contribution in [0, 0.1) is 0 Å². The Labute approximate surface area is 465 Å². The second-order valence-corrected chi connectivity index (χ2v) is 22.0. The lowest BCUT2D eigenvalue weighted by Gasteiger charge is -2.21. The summed E-state index contributed by atoms with van der Waals surface area (Å²) < 4.78 is 39.5. The number of ether oxygens (including phenoxy) is 3. The fraction of sp³-hybridized carbons (Fsp3) is 0.766. The van der Waals surface area contributed by atoms with Crippen LogP contribution in [0.25, 0.3) is 0 Å². The van der Waals surface area contributed by atoms with E-state index in [0.717, 1.165) is 77.0 Å². The molecule has 0 bridgehead atoms. The van der Waals surface area contributed by atoms with Crippen molar-refractivity contribution in [2.24, 2.45) is 0 Å². The van der Waals surface area contributed by atoms with Crippen LogP contribution in [0.2, 0.25) is 0 Å². The van der Waals surface area contributed by atoms with E-state index >= 15 is 0 Å². The predicted octanol–water partition coefficient (Wildman–Crippen LogP) is 18.5. The molecular formula is C64H113O11P. The van der Waals surface area contributed by atoms with Gasteiger partial charge in [-0.2, -0.15) is 0 Å². The van der Waals surface area contributed by atoms with Gasteiger partial charge in [0.05, 0.1) is 19.8 Å². The van der Waals surface area contributed by atoms with Gasteiger partial charge in [-0.3, -0.25) is 23.4 Å². The maximum Gasteiger partial charge on any atom is 0.472 e. The molecule has 0 aliphatic carbocycles. The average Bonchev–Trinajstić information content (AvgIpc) is 3.41. The number of phosphoric ester groups is 1. The highest BCUT2D eigenvalue weighted by atomic mass is 31.2. The molecule has 0 aromatic carbocycles. The van der Waals surface area contributed by atoms with Gasteiger partial charge in [-0.25, -0.2) is 4.57 Å². The van der Waals surface area contributed by atoms with Crippen molar-refractivity contribution in [3.05, 3.63) is 72.9 Å². The topological polar surface area (TPSA) is 155 Å². The van der Waals surface area contributed by atoms with Gasteiger partial charge in [0.25, 0.3) is 0 Å². The zero-order chi connectivity index (χ0) is 55.5. The minimum absolute atomic E-state index is 0.102. The van der Waals surface area contributed by atoms with Crippen LogP contribution in [0.3, 0.4) is 0 Å². The molecule has 0 spiro atoms. The van der Waals surface area contributed by atoms with E-state index in [4.69, 9.17) is 23.3 Å². The highest BCUT2D eigenvalue weighted by Crippen LogP contribution is 2.43. The lowest BCUT2D eigenvalue weighted by Crippen LogP contribution is -2.30. The summed E-state index contributed by atoms with van der Waals surface area (Å²) >= 11 is 0. The van der Waals surface area contributed by atoms with Crippen LogP contribution in [0.1, 0.15) is 278 Å². The van der Waals surface area contributed by atoms with E-state index in [9.17, 15) is 28.9 Å². The van der Waals surface area contributed by atoms with Gasteiger partial charge in [0.2, 0.25) is 0 Å². The maximum atomic E-state index is 12.9. The Morgan fingerprint density at radius 2 is 0.684 bits per heavy atom. The molecule has 11 nitrogen and oxygen atoms in total. The summed E-state index contributed by atoms with van der Waals surface area (Å²) in [5.41, 5.74) is 0. The molecule has 0 saturated carbocycles. The second kappa shape index (κ2) is 58.1. The van der Waals surface area contributed by atoms with Crippen molar-refractivity contribution in [3.63, 3.8) is 0 Å². The van der Waals surface area contributed by atoms with Gasteiger partial charge in [0, 0.05) is 19.3 Å². The van der Waals surface area contributed by atoms with Crippen LogP contribution < -0.4 is 0 Å². The first-order valence-corrected chi connectivity index (χ1v) is 32.3. The van der Waals surface area contributed by atoms with Gasteiger partial charge in [-0.05, 0) is 57.8 Å². The normalized spacial score (nSPS) is 13.8. The summed E-state index contributed by atoms with van der Waals surface area (Å²) in [6.45, 7) is 4.49. The van der Waals surface area contributed by atoms with E-state index in [2.05, 4.69) is 81.5 Å². The van der Waals surface area contributed by atoms with Gasteiger partial charge in [0.1, 0.15) is 12.7 Å². The maximum absolute atomic E-state index is 12.9. The summed E-state index contributed by atoms with van der Waals surface area (Å²) in [4.78, 5) is 48.6. The number of rotatable bonds is 57. The molecule has 0 heterocycles. The van der Waals surface area contributed by atoms with Gasteiger partial charge in [-0.1, -0.05) is 273 Å². The van der Waals surface area contributed by atoms with E-state index in [1.54, 1.807) is 0 Å². The first-order valence-electron chi connectivity index (χ1n) is 30.8. The molecule has 76 heavy (non-hydrogen) atoms. The van der Waals surface area contributed by atoms with Crippen molar-refractivity contribution < 1.29 is 52.2 Å². The Morgan fingerprint density at radius 1 is 0.382 bits per heavy atom. The minimum atomic E-state index is -4.76. The number of hydrogen-bond donors (Lipinski definition) is 2. The summed E-state index contributed by atoms with van der Waals surface area (Å²) in [6.07, 6.45) is 65.8. The number of aliphatic hydroxyl groups is 1. The zero-order valence-electron chi connectivity index (χ0n) is 48.7. The third-order valence-corrected chi connectivity index (χ3v) is 14.1. The Bertz CT molecular complexity index is 1550. The van der Waals surface area contributed by atoms with Crippen LogP contribution in [0.5, 0.6) is 0 Å². The van der Waals surface area contributed by atoms with Crippen molar-refractivity contribution in [3.8, 4) is 0 Å². The van der Waals surface area contributed by atoms with Crippen molar-refractivity contribution >= 4 is 25.7 Å². The van der Waals surface area contributed by atoms with E-state index < -0.39 is 57.8 Å². The molecule has 12 heteroatoms. The van der Waals surface area contributed by atoms with Crippen LogP contribution in [-0.4, -0.2) is 66.5 Å². The third-order valence-electron chi connectivity index (χ3n) is 13.2. The first-order chi connectivity index (χ1) is 37.2. The van der Waals surface area contributed by atoms with Crippen LogP contribution in [0.15, 0.2) is 72.9 Å². The van der Waals surface area contributed by atoms with Crippen molar-refractivity contribution in [2.75, 3.05) is 26.4 Å². The number of aliphatic hydroxyl groups excluding tert-OH is 1. The number of esters is 3. The Hall–Kier alpha value is -3.08. The predicted molar refractivity (Wildman–Crippen MR) is 316 cm³/mol.